The second kappa shape index (κ2) is 4.15. The molecular formula is C9H9F2NO2. The molecule has 1 N–H and O–H groups in total. The van der Waals surface area contributed by atoms with Gasteiger partial charge in [-0.1, -0.05) is 6.58 Å². The molecule has 0 aromatic carbocycles. The Hall–Kier alpha value is -1.49. The van der Waals surface area contributed by atoms with Crippen molar-refractivity contribution in [3.05, 3.63) is 30.6 Å². The largest absolute Gasteiger partial charge is 0.429 e. The molecule has 0 saturated heterocycles. The Morgan fingerprint density at radius 2 is 2.29 bits per heavy atom. The number of ether oxygens (including phenoxy) is 1. The van der Waals surface area contributed by atoms with Gasteiger partial charge in [-0.3, -0.25) is 4.98 Å². The van der Waals surface area contributed by atoms with Crippen LogP contribution in [0.3, 0.4) is 0 Å². The van der Waals surface area contributed by atoms with E-state index >= 15 is 0 Å². The highest BCUT2D eigenvalue weighted by molar-refractivity contribution is 5.42. The average molecular weight is 201 g/mol. The summed E-state index contributed by atoms with van der Waals surface area (Å²) in [6.45, 7) is 2.10. The van der Waals surface area contributed by atoms with Crippen LogP contribution >= 0.6 is 0 Å². The van der Waals surface area contributed by atoms with Crippen molar-refractivity contribution in [1.29, 1.82) is 0 Å². The molecule has 1 heterocycles. The van der Waals surface area contributed by atoms with E-state index in [0.717, 1.165) is 6.20 Å². The summed E-state index contributed by atoms with van der Waals surface area (Å²) in [5.74, 6) is -0.102. The molecule has 0 spiro atoms. The Morgan fingerprint density at radius 1 is 1.57 bits per heavy atom. The molecule has 3 nitrogen and oxygen atoms in total. The highest BCUT2D eigenvalue weighted by atomic mass is 19.3. The van der Waals surface area contributed by atoms with Crippen molar-refractivity contribution in [2.45, 2.75) is 6.11 Å². The van der Waals surface area contributed by atoms with E-state index in [1.807, 2.05) is 0 Å². The molecule has 0 aliphatic heterocycles. The normalized spacial score (nSPS) is 11.1. The van der Waals surface area contributed by atoms with E-state index in [1.165, 1.54) is 18.2 Å². The molecule has 0 unspecified atom stereocenters. The lowest BCUT2D eigenvalue weighted by molar-refractivity contribution is -0.201. The zero-order chi connectivity index (χ0) is 10.6. The van der Waals surface area contributed by atoms with Gasteiger partial charge in [0.2, 0.25) is 0 Å². The first-order valence-corrected chi connectivity index (χ1v) is 3.83. The van der Waals surface area contributed by atoms with Gasteiger partial charge in [0.05, 0.1) is 11.9 Å². The molecule has 5 heteroatoms. The second-order valence-corrected chi connectivity index (χ2v) is 2.52. The van der Waals surface area contributed by atoms with E-state index in [1.54, 1.807) is 0 Å². The topological polar surface area (TPSA) is 42.4 Å². The molecular weight excluding hydrogens is 192 g/mol. The third-order valence-corrected chi connectivity index (χ3v) is 1.42. The molecule has 0 aliphatic rings. The number of hydrogen-bond donors (Lipinski definition) is 1. The average Bonchev–Trinajstić information content (AvgIpc) is 2.19. The van der Waals surface area contributed by atoms with Gasteiger partial charge in [-0.05, 0) is 18.2 Å². The summed E-state index contributed by atoms with van der Waals surface area (Å²) < 4.78 is 29.2. The molecule has 0 fully saturated rings. The maximum absolute atomic E-state index is 12.5. The minimum absolute atomic E-state index is 0.102. The standard InChI is InChI=1S/C9H9F2NO2/c1-2-7-3-4-8(5-12-7)14-9(10,11)6-13/h2-5,13H,1,6H2. The maximum atomic E-state index is 12.5. The molecule has 0 radical (unpaired) electrons. The van der Waals surface area contributed by atoms with Crippen molar-refractivity contribution in [3.63, 3.8) is 0 Å². The lowest BCUT2D eigenvalue weighted by atomic mass is 10.3. The van der Waals surface area contributed by atoms with Crippen LogP contribution < -0.4 is 4.74 Å². The van der Waals surface area contributed by atoms with E-state index in [0.29, 0.717) is 5.69 Å². The van der Waals surface area contributed by atoms with Gasteiger partial charge >= 0.3 is 6.11 Å². The Morgan fingerprint density at radius 3 is 2.71 bits per heavy atom. The monoisotopic (exact) mass is 201 g/mol. The summed E-state index contributed by atoms with van der Waals surface area (Å²) in [6.07, 6.45) is -0.952. The minimum Gasteiger partial charge on any atom is -0.429 e. The summed E-state index contributed by atoms with van der Waals surface area (Å²) in [5, 5.41) is 8.24. The third-order valence-electron chi connectivity index (χ3n) is 1.42. The predicted octanol–water partition coefficient (Wildman–Crippen LogP) is 1.69. The van der Waals surface area contributed by atoms with Crippen molar-refractivity contribution in [2.24, 2.45) is 0 Å². The fraction of sp³-hybridized carbons (Fsp3) is 0.222. The number of hydrogen-bond acceptors (Lipinski definition) is 3. The first-order chi connectivity index (χ1) is 6.57. The van der Waals surface area contributed by atoms with Gasteiger partial charge in [-0.2, -0.15) is 8.78 Å². The molecule has 14 heavy (non-hydrogen) atoms. The van der Waals surface area contributed by atoms with Crippen molar-refractivity contribution in [1.82, 2.24) is 4.98 Å². The van der Waals surface area contributed by atoms with E-state index < -0.39 is 12.7 Å². The molecule has 1 aromatic rings. The van der Waals surface area contributed by atoms with Crippen molar-refractivity contribution < 1.29 is 18.6 Å². The molecule has 0 bridgehead atoms. The molecule has 0 aliphatic carbocycles. The molecule has 76 valence electrons. The zero-order valence-corrected chi connectivity index (χ0v) is 7.28. The van der Waals surface area contributed by atoms with Gasteiger partial charge in [-0.15, -0.1) is 0 Å². The van der Waals surface area contributed by atoms with Gasteiger partial charge < -0.3 is 9.84 Å². The van der Waals surface area contributed by atoms with Crippen LogP contribution in [0.4, 0.5) is 8.78 Å². The van der Waals surface area contributed by atoms with Crippen LogP contribution in [0.25, 0.3) is 6.08 Å². The SMILES string of the molecule is C=Cc1ccc(OC(F)(F)CO)cn1. The molecule has 1 rings (SSSR count). The van der Waals surface area contributed by atoms with Crippen molar-refractivity contribution in [3.8, 4) is 5.75 Å². The summed E-state index contributed by atoms with van der Waals surface area (Å²) in [4.78, 5) is 3.76. The van der Waals surface area contributed by atoms with E-state index in [4.69, 9.17) is 5.11 Å². The Kier molecular flexibility index (Phi) is 3.14. The Balaban J connectivity index is 2.73. The summed E-state index contributed by atoms with van der Waals surface area (Å²) >= 11 is 0. The van der Waals surface area contributed by atoms with Crippen LogP contribution in [0.1, 0.15) is 5.69 Å². The second-order valence-electron chi connectivity index (χ2n) is 2.52. The third kappa shape index (κ3) is 2.77. The van der Waals surface area contributed by atoms with E-state index in [-0.39, 0.29) is 5.75 Å². The fourth-order valence-electron chi connectivity index (χ4n) is 0.778. The van der Waals surface area contributed by atoms with Gasteiger partial charge in [0.1, 0.15) is 12.4 Å². The number of aliphatic hydroxyl groups excluding tert-OH is 1. The number of rotatable bonds is 4. The van der Waals surface area contributed by atoms with E-state index in [9.17, 15) is 8.78 Å². The van der Waals surface area contributed by atoms with Gasteiger partial charge in [-0.25, -0.2) is 0 Å². The summed E-state index contributed by atoms with van der Waals surface area (Å²) in [6, 6.07) is 2.81. The molecule has 0 atom stereocenters. The molecule has 1 aromatic heterocycles. The van der Waals surface area contributed by atoms with E-state index in [2.05, 4.69) is 16.3 Å². The maximum Gasteiger partial charge on any atom is 0.421 e. The van der Waals surface area contributed by atoms with Crippen molar-refractivity contribution in [2.75, 3.05) is 6.61 Å². The number of halogens is 2. The highest BCUT2D eigenvalue weighted by Gasteiger charge is 2.30. The number of alkyl halides is 2. The first-order valence-electron chi connectivity index (χ1n) is 3.83. The van der Waals surface area contributed by atoms with Gasteiger partial charge in [0, 0.05) is 0 Å². The lowest BCUT2D eigenvalue weighted by Crippen LogP contribution is -2.29. The minimum atomic E-state index is -3.57. The molecule has 0 saturated carbocycles. The zero-order valence-electron chi connectivity index (χ0n) is 7.28. The van der Waals surface area contributed by atoms with Crippen LogP contribution in [0.5, 0.6) is 5.75 Å². The number of aromatic nitrogens is 1. The van der Waals surface area contributed by atoms with Gasteiger partial charge in [0.25, 0.3) is 0 Å². The number of pyridine rings is 1. The van der Waals surface area contributed by atoms with Crippen LogP contribution in [-0.4, -0.2) is 22.8 Å². The van der Waals surface area contributed by atoms with Gasteiger partial charge in [0.15, 0.2) is 0 Å². The Bertz CT molecular complexity index is 311. The highest BCUT2D eigenvalue weighted by Crippen LogP contribution is 2.20. The Labute approximate surface area is 79.7 Å². The first kappa shape index (κ1) is 10.6. The predicted molar refractivity (Wildman–Crippen MR) is 47.0 cm³/mol. The summed E-state index contributed by atoms with van der Waals surface area (Å²) in [5.41, 5.74) is 0.560. The number of nitrogens with zero attached hydrogens (tertiary/aromatic N) is 1. The van der Waals surface area contributed by atoms with Crippen LogP contribution in [-0.2, 0) is 0 Å². The fourth-order valence-corrected chi connectivity index (χ4v) is 0.778. The van der Waals surface area contributed by atoms with Crippen LogP contribution in [0.2, 0.25) is 0 Å². The number of aliphatic hydroxyl groups is 1. The summed E-state index contributed by atoms with van der Waals surface area (Å²) in [7, 11) is 0. The van der Waals surface area contributed by atoms with Crippen LogP contribution in [0.15, 0.2) is 24.9 Å². The van der Waals surface area contributed by atoms with Crippen LogP contribution in [0, 0.1) is 0 Å². The lowest BCUT2D eigenvalue weighted by Gasteiger charge is -2.14. The smallest absolute Gasteiger partial charge is 0.421 e. The quantitative estimate of drug-likeness (QED) is 0.805. The molecule has 0 amide bonds. The van der Waals surface area contributed by atoms with Crippen molar-refractivity contribution >= 4 is 6.08 Å².